The lowest BCUT2D eigenvalue weighted by Gasteiger charge is -2.21. The number of rotatable bonds is 91. The number of carbonyl (C=O) groups is 3. The standard InChI is InChI=1S/C101H176O16P2/c1-4-7-10-13-16-19-22-25-28-31-34-37-40-42-44-46-47-49-51-52-55-57-60-63-66-69-72-75-78-81-84-87-99(104)111-90-96(102)91-113-118(107,108)114-92-97(103)93-115-119(109,110)116-95-98(117-101(106)89-86-83-80-77-74-71-68-65-62-59-54-39-36-33-30-27-24-21-18-15-12-9-6-3)94-112-100(105)88-85-82-79-76-73-70-67-64-61-58-56-53-50-48-45-43-41-38-35-32-29-26-23-20-17-14-11-8-5-2/h16-21,25-30,34-39,42-45,59,62,96-98,102-103H,4-15,22-24,31-33,40-41,46-58,60-61,63-95H2,1-3H3,(H,107,108)(H,109,110)/b19-16-,20-17-,21-18-,28-25-,29-26-,30-27-,37-34-,38-35-,39-36-,44-42-,45-43-,62-59-. The Hall–Kier alpha value is -4.57. The molecule has 0 bridgehead atoms. The molecule has 0 aromatic heterocycles. The van der Waals surface area contributed by atoms with Crippen LogP contribution < -0.4 is 0 Å². The first kappa shape index (κ1) is 114. The third-order valence-corrected chi connectivity index (χ3v) is 22.4. The summed E-state index contributed by atoms with van der Waals surface area (Å²) in [5.41, 5.74) is 0. The van der Waals surface area contributed by atoms with Gasteiger partial charge in [0.2, 0.25) is 0 Å². The Morgan fingerprint density at radius 2 is 0.420 bits per heavy atom. The predicted octanol–water partition coefficient (Wildman–Crippen LogP) is 29.9. The Morgan fingerprint density at radius 3 is 0.664 bits per heavy atom. The van der Waals surface area contributed by atoms with Crippen molar-refractivity contribution in [2.24, 2.45) is 0 Å². The van der Waals surface area contributed by atoms with Crippen LogP contribution in [0, 0.1) is 0 Å². The SMILES string of the molecule is CCCCC/C=C\C/C=C\C/C=C\C/C=C\CCCCCCCCCCCCCCCCCC(=O)OCC(O)COP(=O)(O)OCC(O)COP(=O)(O)OCC(COC(=O)CCCCCCCCCCCCCCC/C=C\C/C=C\C/C=C\C/C=C\CCCCC)OC(=O)CCCCCCCCC/C=C\C/C=C\C/C=C\C/C=C\CCCCC. The summed E-state index contributed by atoms with van der Waals surface area (Å²) < 4.78 is 61.6. The number of aliphatic hydroxyl groups excluding tert-OH is 2. The summed E-state index contributed by atoms with van der Waals surface area (Å²) in [6.07, 6.45) is 117. The van der Waals surface area contributed by atoms with Crippen molar-refractivity contribution in [3.8, 4) is 0 Å². The van der Waals surface area contributed by atoms with E-state index in [1.165, 1.54) is 205 Å². The molecule has 0 aliphatic rings. The van der Waals surface area contributed by atoms with Gasteiger partial charge in [-0.1, -0.05) is 391 Å². The second-order valence-electron chi connectivity index (χ2n) is 32.2. The number of hydrogen-bond donors (Lipinski definition) is 4. The minimum atomic E-state index is -4.95. The van der Waals surface area contributed by atoms with Crippen molar-refractivity contribution in [1.82, 2.24) is 0 Å². The molecule has 0 radical (unpaired) electrons. The lowest BCUT2D eigenvalue weighted by atomic mass is 10.0. The number of phosphoric acid groups is 2. The zero-order valence-corrected chi connectivity index (χ0v) is 77.5. The monoisotopic (exact) mass is 1710 g/mol. The Labute approximate surface area is 728 Å². The van der Waals surface area contributed by atoms with E-state index in [-0.39, 0.29) is 19.3 Å². The topological polar surface area (TPSA) is 231 Å². The van der Waals surface area contributed by atoms with Crippen LogP contribution in [0.15, 0.2) is 146 Å². The quantitative estimate of drug-likeness (QED) is 0.0146. The van der Waals surface area contributed by atoms with Gasteiger partial charge in [-0.25, -0.2) is 9.13 Å². The average Bonchev–Trinajstić information content (AvgIpc) is 0.905. The highest BCUT2D eigenvalue weighted by molar-refractivity contribution is 7.47. The van der Waals surface area contributed by atoms with Gasteiger partial charge in [0, 0.05) is 19.3 Å². The number of allylic oxidation sites excluding steroid dienone is 24. The second-order valence-corrected chi connectivity index (χ2v) is 35.1. The highest BCUT2D eigenvalue weighted by Gasteiger charge is 2.30. The van der Waals surface area contributed by atoms with Crippen molar-refractivity contribution in [3.63, 3.8) is 0 Å². The lowest BCUT2D eigenvalue weighted by Crippen LogP contribution is -2.30. The van der Waals surface area contributed by atoms with E-state index >= 15 is 0 Å². The van der Waals surface area contributed by atoms with Gasteiger partial charge < -0.3 is 34.2 Å². The number of carbonyl (C=O) groups excluding carboxylic acids is 3. The number of esters is 3. The number of aliphatic hydroxyl groups is 2. The zero-order valence-electron chi connectivity index (χ0n) is 75.8. The van der Waals surface area contributed by atoms with E-state index in [4.69, 9.17) is 32.3 Å². The fourth-order valence-corrected chi connectivity index (χ4v) is 14.8. The molecule has 16 nitrogen and oxygen atoms in total. The summed E-state index contributed by atoms with van der Waals surface area (Å²) in [5.74, 6) is -1.57. The Kier molecular flexibility index (Phi) is 89.1. The maximum atomic E-state index is 13.1. The van der Waals surface area contributed by atoms with Crippen molar-refractivity contribution >= 4 is 33.6 Å². The zero-order chi connectivity index (χ0) is 86.5. The van der Waals surface area contributed by atoms with Gasteiger partial charge >= 0.3 is 33.6 Å². The van der Waals surface area contributed by atoms with Crippen LogP contribution in [0.1, 0.15) is 419 Å². The molecule has 5 unspecified atom stereocenters. The minimum absolute atomic E-state index is 0.0899. The molecule has 18 heteroatoms. The van der Waals surface area contributed by atoms with E-state index in [9.17, 15) is 43.5 Å². The number of phosphoric ester groups is 2. The van der Waals surface area contributed by atoms with Crippen LogP contribution in [0.2, 0.25) is 0 Å². The number of ether oxygens (including phenoxy) is 3. The fourth-order valence-electron chi connectivity index (χ4n) is 13.2. The van der Waals surface area contributed by atoms with Crippen molar-refractivity contribution in [1.29, 1.82) is 0 Å². The van der Waals surface area contributed by atoms with E-state index in [1.807, 2.05) is 0 Å². The van der Waals surface area contributed by atoms with Crippen molar-refractivity contribution in [2.45, 2.75) is 437 Å². The van der Waals surface area contributed by atoms with Crippen LogP contribution in [0.25, 0.3) is 0 Å². The van der Waals surface area contributed by atoms with Crippen molar-refractivity contribution in [3.05, 3.63) is 146 Å². The van der Waals surface area contributed by atoms with Gasteiger partial charge in [0.25, 0.3) is 0 Å². The average molecular weight is 1710 g/mol. The Balaban J connectivity index is 4.61. The largest absolute Gasteiger partial charge is 0.472 e. The molecule has 0 aromatic carbocycles. The Bertz CT molecular complexity index is 2740. The number of hydrogen-bond acceptors (Lipinski definition) is 14. The van der Waals surface area contributed by atoms with Gasteiger partial charge in [-0.3, -0.25) is 32.5 Å². The maximum Gasteiger partial charge on any atom is 0.472 e. The van der Waals surface area contributed by atoms with E-state index in [0.29, 0.717) is 19.3 Å². The summed E-state index contributed by atoms with van der Waals surface area (Å²) in [7, 11) is -9.81. The molecule has 119 heavy (non-hydrogen) atoms. The van der Waals surface area contributed by atoms with Gasteiger partial charge in [-0.15, -0.1) is 0 Å². The highest BCUT2D eigenvalue weighted by Crippen LogP contribution is 2.45. The molecule has 0 heterocycles. The summed E-state index contributed by atoms with van der Waals surface area (Å²) in [6, 6.07) is 0. The molecule has 0 aliphatic carbocycles. The molecular formula is C101H176O16P2. The van der Waals surface area contributed by atoms with E-state index < -0.39 is 91.5 Å². The fraction of sp³-hybridized carbons (Fsp3) is 0.733. The summed E-state index contributed by atoms with van der Waals surface area (Å²) in [6.45, 7) is 2.65. The summed E-state index contributed by atoms with van der Waals surface area (Å²) >= 11 is 0. The molecule has 4 N–H and O–H groups in total. The van der Waals surface area contributed by atoms with Gasteiger partial charge in [0.15, 0.2) is 6.10 Å². The molecule has 0 saturated carbocycles. The lowest BCUT2D eigenvalue weighted by molar-refractivity contribution is -0.161. The van der Waals surface area contributed by atoms with Crippen molar-refractivity contribution < 1.29 is 75.8 Å². The van der Waals surface area contributed by atoms with Crippen LogP contribution in [-0.4, -0.2) is 95.9 Å². The van der Waals surface area contributed by atoms with E-state index in [2.05, 4.69) is 167 Å². The van der Waals surface area contributed by atoms with Crippen LogP contribution in [0.3, 0.4) is 0 Å². The van der Waals surface area contributed by atoms with Gasteiger partial charge in [0.1, 0.15) is 25.4 Å². The first-order valence-electron chi connectivity index (χ1n) is 48.1. The first-order chi connectivity index (χ1) is 58.2. The molecule has 5 atom stereocenters. The molecule has 0 spiro atoms. The normalized spacial score (nSPS) is 14.4. The summed E-state index contributed by atoms with van der Waals surface area (Å²) in [5, 5.41) is 20.8. The maximum absolute atomic E-state index is 13.1. The summed E-state index contributed by atoms with van der Waals surface area (Å²) in [4.78, 5) is 59.1. The molecule has 0 aliphatic heterocycles. The van der Waals surface area contributed by atoms with Crippen molar-refractivity contribution in [2.75, 3.05) is 39.6 Å². The smallest absolute Gasteiger partial charge is 0.463 e. The minimum Gasteiger partial charge on any atom is -0.463 e. The van der Waals surface area contributed by atoms with Crippen LogP contribution in [0.5, 0.6) is 0 Å². The molecule has 0 amide bonds. The first-order valence-corrected chi connectivity index (χ1v) is 51.1. The molecular weight excluding hydrogens is 1530 g/mol. The van der Waals surface area contributed by atoms with Crippen LogP contribution in [0.4, 0.5) is 0 Å². The van der Waals surface area contributed by atoms with Gasteiger partial charge in [-0.05, 0) is 154 Å². The third-order valence-electron chi connectivity index (χ3n) is 20.5. The molecule has 0 aromatic rings. The van der Waals surface area contributed by atoms with E-state index in [1.54, 1.807) is 0 Å². The van der Waals surface area contributed by atoms with Crippen LogP contribution >= 0.6 is 15.6 Å². The molecule has 0 saturated heterocycles. The molecule has 686 valence electrons. The molecule has 0 fully saturated rings. The third kappa shape index (κ3) is 94.0. The Morgan fingerprint density at radius 1 is 0.235 bits per heavy atom. The van der Waals surface area contributed by atoms with Gasteiger partial charge in [-0.2, -0.15) is 0 Å². The van der Waals surface area contributed by atoms with E-state index in [0.717, 1.165) is 154 Å². The second kappa shape index (κ2) is 92.6. The highest BCUT2D eigenvalue weighted by atomic mass is 31.2. The predicted molar refractivity (Wildman–Crippen MR) is 500 cm³/mol. The number of unbranched alkanes of at least 4 members (excludes halogenated alkanes) is 44. The van der Waals surface area contributed by atoms with Crippen LogP contribution in [-0.2, 0) is 55.8 Å². The van der Waals surface area contributed by atoms with Gasteiger partial charge in [0.05, 0.1) is 26.4 Å². The molecule has 0 rings (SSSR count).